The highest BCUT2D eigenvalue weighted by Gasteiger charge is 2.42. The van der Waals surface area contributed by atoms with Crippen LogP contribution in [0.25, 0.3) is 5.69 Å². The highest BCUT2D eigenvalue weighted by Crippen LogP contribution is 2.27. The smallest absolute Gasteiger partial charge is 0.299 e. The molecule has 1 aromatic heterocycles. The van der Waals surface area contributed by atoms with Crippen molar-refractivity contribution >= 4 is 39.3 Å². The summed E-state index contributed by atoms with van der Waals surface area (Å²) in [6.07, 6.45) is 3.86. The summed E-state index contributed by atoms with van der Waals surface area (Å²) in [5.41, 5.74) is 1.82. The number of carbonyl (C=O) groups is 2. The number of aromatic nitrogens is 3. The van der Waals surface area contributed by atoms with Crippen molar-refractivity contribution in [1.29, 1.82) is 0 Å². The van der Waals surface area contributed by atoms with Crippen molar-refractivity contribution < 1.29 is 18.0 Å². The zero-order valence-corrected chi connectivity index (χ0v) is 24.2. The van der Waals surface area contributed by atoms with Gasteiger partial charge in [0.15, 0.2) is 0 Å². The zero-order chi connectivity index (χ0) is 28.9. The molecule has 0 unspecified atom stereocenters. The van der Waals surface area contributed by atoms with Crippen LogP contribution in [0.15, 0.2) is 61.2 Å². The van der Waals surface area contributed by atoms with E-state index in [0.717, 1.165) is 5.56 Å². The molecule has 11 nitrogen and oxygen atoms in total. The summed E-state index contributed by atoms with van der Waals surface area (Å²) in [7, 11) is -4.06. The third-order valence-electron chi connectivity index (χ3n) is 6.74. The number of hydrogen-bond donors (Lipinski definition) is 3. The van der Waals surface area contributed by atoms with Crippen LogP contribution >= 0.6 is 11.6 Å². The van der Waals surface area contributed by atoms with Crippen LogP contribution in [0.5, 0.6) is 0 Å². The molecule has 0 saturated carbocycles. The molecule has 0 radical (unpaired) electrons. The van der Waals surface area contributed by atoms with Crippen molar-refractivity contribution in [3.63, 3.8) is 0 Å². The van der Waals surface area contributed by atoms with Gasteiger partial charge in [0.2, 0.25) is 11.8 Å². The first-order valence-corrected chi connectivity index (χ1v) is 15.0. The maximum atomic E-state index is 13.8. The van der Waals surface area contributed by atoms with Crippen molar-refractivity contribution in [3.05, 3.63) is 71.8 Å². The molecule has 4 rings (SSSR count). The van der Waals surface area contributed by atoms with E-state index in [0.29, 0.717) is 29.4 Å². The average Bonchev–Trinajstić information content (AvgIpc) is 3.56. The van der Waals surface area contributed by atoms with Crippen LogP contribution < -0.4 is 14.8 Å². The zero-order valence-electron chi connectivity index (χ0n) is 22.6. The molecule has 40 heavy (non-hydrogen) atoms. The lowest BCUT2D eigenvalue weighted by atomic mass is 10.00. The first-order chi connectivity index (χ1) is 19.0. The van der Waals surface area contributed by atoms with Gasteiger partial charge in [0.1, 0.15) is 24.7 Å². The number of nitrogens with one attached hydrogen (secondary N) is 3. The quantitative estimate of drug-likeness (QED) is 0.315. The van der Waals surface area contributed by atoms with Gasteiger partial charge in [0, 0.05) is 23.8 Å². The normalized spacial score (nSPS) is 18.1. The Morgan fingerprint density at radius 2 is 1.90 bits per heavy atom. The predicted octanol–water partition coefficient (Wildman–Crippen LogP) is 3.14. The van der Waals surface area contributed by atoms with E-state index in [2.05, 4.69) is 24.8 Å². The molecular weight excluding hydrogens is 554 g/mol. The molecule has 1 aliphatic heterocycles. The van der Waals surface area contributed by atoms with Crippen LogP contribution in [0.1, 0.15) is 39.2 Å². The van der Waals surface area contributed by atoms with E-state index in [1.165, 1.54) is 11.2 Å². The SMILES string of the molecule is CC(C)C[C@H](NS(=O)(=O)Nc1ccccc1)C(=O)N1CC[C@@H](C)[C@H]1C(=O)NCc1cc(Cl)ccc1-n1cncn1. The predicted molar refractivity (Wildman–Crippen MR) is 153 cm³/mol. The minimum absolute atomic E-state index is 0.0266. The van der Waals surface area contributed by atoms with Gasteiger partial charge in [-0.3, -0.25) is 14.3 Å². The molecule has 1 aliphatic rings. The van der Waals surface area contributed by atoms with Crippen LogP contribution in [0, 0.1) is 11.8 Å². The van der Waals surface area contributed by atoms with E-state index >= 15 is 0 Å². The van der Waals surface area contributed by atoms with Crippen molar-refractivity contribution in [2.75, 3.05) is 11.3 Å². The van der Waals surface area contributed by atoms with E-state index in [1.807, 2.05) is 20.8 Å². The first kappa shape index (κ1) is 29.5. The summed E-state index contributed by atoms with van der Waals surface area (Å²) in [6, 6.07) is 11.9. The fourth-order valence-electron chi connectivity index (χ4n) is 4.88. The largest absolute Gasteiger partial charge is 0.350 e. The summed E-state index contributed by atoms with van der Waals surface area (Å²) in [4.78, 5) is 32.7. The molecule has 2 aromatic carbocycles. The first-order valence-electron chi connectivity index (χ1n) is 13.1. The molecule has 1 fully saturated rings. The van der Waals surface area contributed by atoms with Gasteiger partial charge >= 0.3 is 0 Å². The van der Waals surface area contributed by atoms with Crippen LogP contribution in [0.2, 0.25) is 5.02 Å². The number of amides is 2. The fraction of sp³-hybridized carbons (Fsp3) is 0.407. The number of benzene rings is 2. The van der Waals surface area contributed by atoms with Crippen LogP contribution in [0.3, 0.4) is 0 Å². The van der Waals surface area contributed by atoms with E-state index in [9.17, 15) is 18.0 Å². The number of nitrogens with zero attached hydrogens (tertiary/aromatic N) is 4. The average molecular weight is 588 g/mol. The number of rotatable bonds is 11. The van der Waals surface area contributed by atoms with Crippen LogP contribution in [0.4, 0.5) is 5.69 Å². The number of carbonyl (C=O) groups excluding carboxylic acids is 2. The second-order valence-corrected chi connectivity index (χ2v) is 12.2. The molecule has 214 valence electrons. The number of halogens is 1. The standard InChI is InChI=1S/C27H34ClN7O4S/c1-18(2)13-23(33-40(38,39)32-22-7-5-4-6-8-22)27(37)34-12-11-19(3)25(34)26(36)30-15-20-14-21(28)9-10-24(20)35-17-29-16-31-35/h4-10,14,16-19,23,25,32-33H,11-13,15H2,1-3H3,(H,30,36)/t19-,23+,25+/m1/s1. The van der Waals surface area contributed by atoms with Crippen molar-refractivity contribution in [2.24, 2.45) is 11.8 Å². The number of para-hydroxylation sites is 1. The highest BCUT2D eigenvalue weighted by molar-refractivity contribution is 7.90. The molecule has 3 N–H and O–H groups in total. The summed E-state index contributed by atoms with van der Waals surface area (Å²) >= 11 is 6.22. The third kappa shape index (κ3) is 7.38. The molecule has 2 amide bonds. The Kier molecular flexibility index (Phi) is 9.44. The molecule has 1 saturated heterocycles. The van der Waals surface area contributed by atoms with Gasteiger partial charge in [-0.05, 0) is 60.6 Å². The summed E-state index contributed by atoms with van der Waals surface area (Å²) in [6.45, 7) is 6.24. The molecular formula is C27H34ClN7O4S. The highest BCUT2D eigenvalue weighted by atomic mass is 35.5. The van der Waals surface area contributed by atoms with Gasteiger partial charge < -0.3 is 10.2 Å². The minimum Gasteiger partial charge on any atom is -0.350 e. The van der Waals surface area contributed by atoms with E-state index < -0.39 is 28.2 Å². The Labute approximate surface area is 239 Å². The second-order valence-electron chi connectivity index (χ2n) is 10.3. The second kappa shape index (κ2) is 12.8. The van der Waals surface area contributed by atoms with Crippen molar-refractivity contribution in [1.82, 2.24) is 29.7 Å². The van der Waals surface area contributed by atoms with Crippen LogP contribution in [-0.2, 0) is 26.3 Å². The van der Waals surface area contributed by atoms with Crippen molar-refractivity contribution in [2.45, 2.75) is 52.2 Å². The summed E-state index contributed by atoms with van der Waals surface area (Å²) in [5.74, 6) is -0.838. The molecule has 0 bridgehead atoms. The molecule has 3 aromatic rings. The number of likely N-dealkylation sites (tertiary alicyclic amines) is 1. The third-order valence-corrected chi connectivity index (χ3v) is 8.07. The summed E-state index contributed by atoms with van der Waals surface area (Å²) < 4.78 is 32.4. The molecule has 3 atom stereocenters. The lowest BCUT2D eigenvalue weighted by Crippen LogP contribution is -2.55. The van der Waals surface area contributed by atoms with Gasteiger partial charge in [-0.2, -0.15) is 18.2 Å². The van der Waals surface area contributed by atoms with Gasteiger partial charge in [-0.1, -0.05) is 50.6 Å². The topological polar surface area (TPSA) is 138 Å². The van der Waals surface area contributed by atoms with Gasteiger partial charge in [-0.15, -0.1) is 0 Å². The monoisotopic (exact) mass is 587 g/mol. The maximum absolute atomic E-state index is 13.8. The minimum atomic E-state index is -4.06. The van der Waals surface area contributed by atoms with Gasteiger partial charge in [0.25, 0.3) is 10.2 Å². The molecule has 0 aliphatic carbocycles. The fourth-order valence-corrected chi connectivity index (χ4v) is 6.15. The summed E-state index contributed by atoms with van der Waals surface area (Å²) in [5, 5.41) is 7.61. The van der Waals surface area contributed by atoms with Crippen LogP contribution in [-0.4, -0.2) is 58.5 Å². The van der Waals surface area contributed by atoms with E-state index in [1.54, 1.807) is 59.5 Å². The van der Waals surface area contributed by atoms with Gasteiger partial charge in [0.05, 0.1) is 5.69 Å². The number of hydrogen-bond acceptors (Lipinski definition) is 6. The van der Waals surface area contributed by atoms with Crippen molar-refractivity contribution in [3.8, 4) is 5.69 Å². The molecule has 2 heterocycles. The van der Waals surface area contributed by atoms with E-state index in [4.69, 9.17) is 11.6 Å². The molecule has 0 spiro atoms. The lowest BCUT2D eigenvalue weighted by Gasteiger charge is -2.30. The van der Waals surface area contributed by atoms with Gasteiger partial charge in [-0.25, -0.2) is 9.67 Å². The number of anilines is 1. The Morgan fingerprint density at radius 3 is 2.58 bits per heavy atom. The lowest BCUT2D eigenvalue weighted by molar-refractivity contribution is -0.140. The maximum Gasteiger partial charge on any atom is 0.299 e. The molecule has 13 heteroatoms. The Hall–Kier alpha value is -3.48. The van der Waals surface area contributed by atoms with E-state index in [-0.39, 0.29) is 30.7 Å². The Morgan fingerprint density at radius 1 is 1.15 bits per heavy atom. The Bertz CT molecular complexity index is 1420. The Balaban J connectivity index is 1.49.